The predicted molar refractivity (Wildman–Crippen MR) is 138 cm³/mol. The largest absolute Gasteiger partial charge is 0.0654 e. The molecule has 0 N–H and O–H groups in total. The summed E-state index contributed by atoms with van der Waals surface area (Å²) in [5, 5.41) is 0. The molecule has 2 aromatic rings. The number of hydrogen-bond acceptors (Lipinski definition) is 0. The summed E-state index contributed by atoms with van der Waals surface area (Å²) in [4.78, 5) is 0. The molecule has 1 fully saturated rings. The van der Waals surface area contributed by atoms with E-state index in [0.717, 1.165) is 11.8 Å². The Balaban J connectivity index is 1.36. The molecular weight excluding hydrogens is 372 g/mol. The molecule has 3 rings (SSSR count). The van der Waals surface area contributed by atoms with Gasteiger partial charge in [0.1, 0.15) is 0 Å². The molecule has 0 spiro atoms. The van der Waals surface area contributed by atoms with Crippen LogP contribution in [-0.2, 0) is 6.42 Å². The van der Waals surface area contributed by atoms with Gasteiger partial charge in [-0.15, -0.1) is 0 Å². The third-order valence-corrected chi connectivity index (χ3v) is 7.52. The minimum Gasteiger partial charge on any atom is -0.0654 e. The third-order valence-electron chi connectivity index (χ3n) is 7.52. The van der Waals surface area contributed by atoms with Crippen LogP contribution in [0.1, 0.15) is 121 Å². The van der Waals surface area contributed by atoms with E-state index in [4.69, 9.17) is 0 Å². The Bertz CT molecular complexity index is 701. The molecule has 170 valence electrons. The lowest BCUT2D eigenvalue weighted by atomic mass is 9.77. The Morgan fingerprint density at radius 2 is 1.13 bits per heavy atom. The zero-order chi connectivity index (χ0) is 21.7. The van der Waals surface area contributed by atoms with E-state index >= 15 is 0 Å². The molecule has 0 heteroatoms. The molecule has 0 saturated heterocycles. The van der Waals surface area contributed by atoms with Crippen LogP contribution in [0, 0.1) is 5.92 Å². The van der Waals surface area contributed by atoms with Crippen LogP contribution in [0.3, 0.4) is 0 Å². The van der Waals surface area contributed by atoms with Gasteiger partial charge in [-0.1, -0.05) is 127 Å². The molecule has 0 amide bonds. The second-order valence-corrected chi connectivity index (χ2v) is 10.1. The molecule has 0 radical (unpaired) electrons. The summed E-state index contributed by atoms with van der Waals surface area (Å²) in [7, 11) is 0. The minimum absolute atomic E-state index is 0.788. The van der Waals surface area contributed by atoms with Crippen molar-refractivity contribution in [3.8, 4) is 11.1 Å². The Morgan fingerprint density at radius 1 is 0.581 bits per heavy atom. The Hall–Kier alpha value is -1.56. The summed E-state index contributed by atoms with van der Waals surface area (Å²) in [6, 6.07) is 18.7. The zero-order valence-corrected chi connectivity index (χ0v) is 20.4. The molecule has 0 atom stereocenters. The Kier molecular flexibility index (Phi) is 10.7. The zero-order valence-electron chi connectivity index (χ0n) is 20.4. The molecule has 0 unspecified atom stereocenters. The van der Waals surface area contributed by atoms with Crippen molar-refractivity contribution in [2.45, 2.75) is 116 Å². The molecule has 1 aliphatic carbocycles. The Labute approximate surface area is 192 Å². The van der Waals surface area contributed by atoms with Gasteiger partial charge < -0.3 is 0 Å². The van der Waals surface area contributed by atoms with Crippen LogP contribution in [0.4, 0.5) is 0 Å². The van der Waals surface area contributed by atoms with Crippen molar-refractivity contribution in [1.29, 1.82) is 0 Å². The number of benzene rings is 2. The SMILES string of the molecule is CCCCCCCCCCC1CCC(c2ccc(-c3ccc(CCC)cc3)cc2)CC1. The van der Waals surface area contributed by atoms with Crippen LogP contribution in [0.25, 0.3) is 11.1 Å². The van der Waals surface area contributed by atoms with Gasteiger partial charge >= 0.3 is 0 Å². The predicted octanol–water partition coefficient (Wildman–Crippen LogP) is 10.1. The average molecular weight is 419 g/mol. The summed E-state index contributed by atoms with van der Waals surface area (Å²) < 4.78 is 0. The molecule has 0 nitrogen and oxygen atoms in total. The van der Waals surface area contributed by atoms with Crippen molar-refractivity contribution >= 4 is 0 Å². The maximum atomic E-state index is 2.40. The molecule has 2 aromatic carbocycles. The first kappa shape index (κ1) is 24.1. The van der Waals surface area contributed by atoms with E-state index in [1.54, 1.807) is 5.56 Å². The normalized spacial score (nSPS) is 18.9. The van der Waals surface area contributed by atoms with Gasteiger partial charge in [0.15, 0.2) is 0 Å². The molecular formula is C31H46. The quantitative estimate of drug-likeness (QED) is 0.284. The first-order valence-electron chi connectivity index (χ1n) is 13.5. The lowest BCUT2D eigenvalue weighted by Gasteiger charge is -2.29. The van der Waals surface area contributed by atoms with E-state index in [9.17, 15) is 0 Å². The van der Waals surface area contributed by atoms with Gasteiger partial charge in [-0.25, -0.2) is 0 Å². The molecule has 0 bridgehead atoms. The van der Waals surface area contributed by atoms with E-state index in [1.807, 2.05) is 0 Å². The molecule has 0 heterocycles. The average Bonchev–Trinajstić information content (AvgIpc) is 2.82. The number of unbranched alkanes of at least 4 members (excludes halogenated alkanes) is 7. The lowest BCUT2D eigenvalue weighted by molar-refractivity contribution is 0.302. The van der Waals surface area contributed by atoms with Crippen molar-refractivity contribution in [2.24, 2.45) is 5.92 Å². The number of hydrogen-bond donors (Lipinski definition) is 0. The molecule has 1 saturated carbocycles. The summed E-state index contributed by atoms with van der Waals surface area (Å²) in [5.41, 5.74) is 5.72. The highest BCUT2D eigenvalue weighted by molar-refractivity contribution is 5.64. The van der Waals surface area contributed by atoms with Crippen LogP contribution >= 0.6 is 0 Å². The highest BCUT2D eigenvalue weighted by Gasteiger charge is 2.22. The highest BCUT2D eigenvalue weighted by Crippen LogP contribution is 2.38. The van der Waals surface area contributed by atoms with Crippen molar-refractivity contribution < 1.29 is 0 Å². The Morgan fingerprint density at radius 3 is 1.71 bits per heavy atom. The fourth-order valence-electron chi connectivity index (χ4n) is 5.45. The fraction of sp³-hybridized carbons (Fsp3) is 0.613. The fourth-order valence-corrected chi connectivity index (χ4v) is 5.45. The summed E-state index contributed by atoms with van der Waals surface area (Å²) >= 11 is 0. The highest BCUT2D eigenvalue weighted by atomic mass is 14.3. The maximum absolute atomic E-state index is 2.40. The first-order valence-corrected chi connectivity index (χ1v) is 13.5. The number of rotatable bonds is 13. The van der Waals surface area contributed by atoms with Gasteiger partial charge in [0, 0.05) is 0 Å². The van der Waals surface area contributed by atoms with Crippen LogP contribution < -0.4 is 0 Å². The molecule has 0 aromatic heterocycles. The number of aryl methyl sites for hydroxylation is 1. The second kappa shape index (κ2) is 13.8. The van der Waals surface area contributed by atoms with Gasteiger partial charge in [-0.2, -0.15) is 0 Å². The van der Waals surface area contributed by atoms with Crippen LogP contribution in [0.2, 0.25) is 0 Å². The van der Waals surface area contributed by atoms with Crippen molar-refractivity contribution in [3.63, 3.8) is 0 Å². The molecule has 0 aliphatic heterocycles. The van der Waals surface area contributed by atoms with Crippen molar-refractivity contribution in [3.05, 3.63) is 59.7 Å². The summed E-state index contributed by atoms with van der Waals surface area (Å²) in [5.74, 6) is 1.79. The van der Waals surface area contributed by atoms with Crippen molar-refractivity contribution in [2.75, 3.05) is 0 Å². The van der Waals surface area contributed by atoms with Gasteiger partial charge in [-0.05, 0) is 66.2 Å². The maximum Gasteiger partial charge on any atom is -0.0162 e. The van der Waals surface area contributed by atoms with Crippen LogP contribution in [-0.4, -0.2) is 0 Å². The van der Waals surface area contributed by atoms with Crippen LogP contribution in [0.5, 0.6) is 0 Å². The second-order valence-electron chi connectivity index (χ2n) is 10.1. The molecule has 31 heavy (non-hydrogen) atoms. The van der Waals surface area contributed by atoms with Gasteiger partial charge in [0.2, 0.25) is 0 Å². The standard InChI is InChI=1S/C31H46/c1-3-5-6-7-8-9-10-11-13-27-16-20-29(21-17-27)31-24-22-30(23-25-31)28-18-14-26(12-4-2)15-19-28/h14-15,18-19,22-25,27,29H,3-13,16-17,20-21H2,1-2H3. The minimum atomic E-state index is 0.788. The summed E-state index contributed by atoms with van der Waals surface area (Å²) in [6.45, 7) is 4.55. The van der Waals surface area contributed by atoms with Gasteiger partial charge in [0.25, 0.3) is 0 Å². The monoisotopic (exact) mass is 418 g/mol. The van der Waals surface area contributed by atoms with E-state index in [2.05, 4.69) is 62.4 Å². The van der Waals surface area contributed by atoms with Gasteiger partial charge in [0.05, 0.1) is 0 Å². The van der Waals surface area contributed by atoms with E-state index < -0.39 is 0 Å². The molecule has 1 aliphatic rings. The van der Waals surface area contributed by atoms with E-state index in [0.29, 0.717) is 0 Å². The lowest BCUT2D eigenvalue weighted by Crippen LogP contribution is -2.13. The van der Waals surface area contributed by atoms with Crippen molar-refractivity contribution in [1.82, 2.24) is 0 Å². The first-order chi connectivity index (χ1) is 15.3. The van der Waals surface area contributed by atoms with Gasteiger partial charge in [-0.3, -0.25) is 0 Å². The summed E-state index contributed by atoms with van der Waals surface area (Å²) in [6.07, 6.45) is 21.1. The smallest absolute Gasteiger partial charge is 0.0162 e. The van der Waals surface area contributed by atoms with E-state index in [-0.39, 0.29) is 0 Å². The van der Waals surface area contributed by atoms with Crippen LogP contribution in [0.15, 0.2) is 48.5 Å². The van der Waals surface area contributed by atoms with E-state index in [1.165, 1.54) is 113 Å². The third kappa shape index (κ3) is 8.13. The topological polar surface area (TPSA) is 0 Å².